The van der Waals surface area contributed by atoms with Gasteiger partial charge in [0.1, 0.15) is 0 Å². The molecule has 0 aromatic heterocycles. The van der Waals surface area contributed by atoms with Gasteiger partial charge in [0.15, 0.2) is 0 Å². The highest BCUT2D eigenvalue weighted by molar-refractivity contribution is 5.78. The average Bonchev–Trinajstić information content (AvgIpc) is 2.38. The SMILES string of the molecule is CNCC(C)C(=O)NC(C)c1cccc(C(F)(F)F)c1. The van der Waals surface area contributed by atoms with Crippen LogP contribution < -0.4 is 10.6 Å². The maximum absolute atomic E-state index is 12.6. The van der Waals surface area contributed by atoms with E-state index in [1.807, 2.05) is 0 Å². The summed E-state index contributed by atoms with van der Waals surface area (Å²) in [4.78, 5) is 11.8. The van der Waals surface area contributed by atoms with Crippen molar-refractivity contribution in [2.45, 2.75) is 26.1 Å². The molecule has 0 bridgehead atoms. The van der Waals surface area contributed by atoms with Crippen molar-refractivity contribution in [3.8, 4) is 0 Å². The molecule has 0 aliphatic carbocycles. The summed E-state index contributed by atoms with van der Waals surface area (Å²) >= 11 is 0. The van der Waals surface area contributed by atoms with Crippen molar-refractivity contribution < 1.29 is 18.0 Å². The van der Waals surface area contributed by atoms with E-state index in [0.717, 1.165) is 12.1 Å². The number of hydrogen-bond acceptors (Lipinski definition) is 2. The largest absolute Gasteiger partial charge is 0.416 e. The van der Waals surface area contributed by atoms with Crippen molar-refractivity contribution in [3.63, 3.8) is 0 Å². The highest BCUT2D eigenvalue weighted by atomic mass is 19.4. The molecule has 6 heteroatoms. The van der Waals surface area contributed by atoms with E-state index < -0.39 is 17.8 Å². The minimum Gasteiger partial charge on any atom is -0.349 e. The van der Waals surface area contributed by atoms with Crippen LogP contribution in [0.1, 0.15) is 31.0 Å². The van der Waals surface area contributed by atoms with E-state index in [-0.39, 0.29) is 11.8 Å². The number of halogens is 3. The fourth-order valence-electron chi connectivity index (χ4n) is 1.82. The molecule has 0 radical (unpaired) electrons. The van der Waals surface area contributed by atoms with E-state index in [9.17, 15) is 18.0 Å². The summed E-state index contributed by atoms with van der Waals surface area (Å²) in [5, 5.41) is 5.59. The maximum Gasteiger partial charge on any atom is 0.416 e. The summed E-state index contributed by atoms with van der Waals surface area (Å²) in [7, 11) is 1.74. The van der Waals surface area contributed by atoms with Crippen molar-refractivity contribution >= 4 is 5.91 Å². The van der Waals surface area contributed by atoms with Gasteiger partial charge in [-0.1, -0.05) is 19.1 Å². The zero-order chi connectivity index (χ0) is 15.3. The standard InChI is InChI=1S/C14H19F3N2O/c1-9(8-18-3)13(20)19-10(2)11-5-4-6-12(7-11)14(15,16)17/h4-7,9-10,18H,8H2,1-3H3,(H,19,20). The number of amides is 1. The molecule has 0 fully saturated rings. The smallest absolute Gasteiger partial charge is 0.349 e. The summed E-state index contributed by atoms with van der Waals surface area (Å²) in [5.74, 6) is -0.433. The van der Waals surface area contributed by atoms with Gasteiger partial charge in [-0.15, -0.1) is 0 Å². The van der Waals surface area contributed by atoms with Crippen LogP contribution in [0, 0.1) is 5.92 Å². The van der Waals surface area contributed by atoms with Crippen molar-refractivity contribution in [2.75, 3.05) is 13.6 Å². The summed E-state index contributed by atoms with van der Waals surface area (Å²) in [6.07, 6.45) is -4.38. The quantitative estimate of drug-likeness (QED) is 0.874. The first-order valence-electron chi connectivity index (χ1n) is 6.37. The fraction of sp³-hybridized carbons (Fsp3) is 0.500. The Labute approximate surface area is 116 Å². The summed E-state index contributed by atoms with van der Waals surface area (Å²) in [6, 6.07) is 4.53. The minimum absolute atomic E-state index is 0.190. The maximum atomic E-state index is 12.6. The molecule has 0 aliphatic rings. The van der Waals surface area contributed by atoms with Gasteiger partial charge in [-0.05, 0) is 31.7 Å². The number of rotatable bonds is 5. The zero-order valence-corrected chi connectivity index (χ0v) is 11.7. The third-order valence-corrected chi connectivity index (χ3v) is 3.03. The van der Waals surface area contributed by atoms with E-state index in [0.29, 0.717) is 12.1 Å². The molecule has 0 saturated heterocycles. The lowest BCUT2D eigenvalue weighted by Crippen LogP contribution is -2.35. The summed E-state index contributed by atoms with van der Waals surface area (Å²) in [6.45, 7) is 3.94. The second kappa shape index (κ2) is 6.74. The Kier molecular flexibility index (Phi) is 5.56. The Balaban J connectivity index is 2.78. The average molecular weight is 288 g/mol. The molecule has 0 heterocycles. The third kappa shape index (κ3) is 4.52. The van der Waals surface area contributed by atoms with Crippen LogP contribution in [0.15, 0.2) is 24.3 Å². The predicted octanol–water partition coefficient (Wildman–Crippen LogP) is 2.74. The van der Waals surface area contributed by atoms with Crippen molar-refractivity contribution in [1.29, 1.82) is 0 Å². The highest BCUT2D eigenvalue weighted by Gasteiger charge is 2.30. The molecule has 0 spiro atoms. The van der Waals surface area contributed by atoms with Crippen LogP contribution in [0.25, 0.3) is 0 Å². The van der Waals surface area contributed by atoms with Crippen LogP contribution in [-0.4, -0.2) is 19.5 Å². The number of hydrogen-bond donors (Lipinski definition) is 2. The normalized spacial score (nSPS) is 14.7. The van der Waals surface area contributed by atoms with Gasteiger partial charge in [0.05, 0.1) is 11.6 Å². The van der Waals surface area contributed by atoms with Gasteiger partial charge in [-0.2, -0.15) is 13.2 Å². The molecule has 3 nitrogen and oxygen atoms in total. The summed E-state index contributed by atoms with van der Waals surface area (Å²) < 4.78 is 37.9. The number of carbonyl (C=O) groups excluding carboxylic acids is 1. The van der Waals surface area contributed by atoms with E-state index >= 15 is 0 Å². The van der Waals surface area contributed by atoms with E-state index in [1.165, 1.54) is 6.07 Å². The second-order valence-electron chi connectivity index (χ2n) is 4.81. The first-order chi connectivity index (χ1) is 9.25. The molecular formula is C14H19F3N2O. The van der Waals surface area contributed by atoms with Crippen molar-refractivity contribution in [2.24, 2.45) is 5.92 Å². The molecule has 2 unspecified atom stereocenters. The zero-order valence-electron chi connectivity index (χ0n) is 11.7. The summed E-state index contributed by atoms with van der Waals surface area (Å²) in [5.41, 5.74) is -0.274. The van der Waals surface area contributed by atoms with Crippen LogP contribution in [0.2, 0.25) is 0 Å². The minimum atomic E-state index is -4.38. The second-order valence-corrected chi connectivity index (χ2v) is 4.81. The van der Waals surface area contributed by atoms with Gasteiger partial charge in [0.25, 0.3) is 0 Å². The van der Waals surface area contributed by atoms with E-state index in [1.54, 1.807) is 27.0 Å². The Morgan fingerprint density at radius 3 is 2.50 bits per heavy atom. The van der Waals surface area contributed by atoms with Crippen molar-refractivity contribution in [3.05, 3.63) is 35.4 Å². The third-order valence-electron chi connectivity index (χ3n) is 3.03. The Hall–Kier alpha value is -1.56. The van der Waals surface area contributed by atoms with Gasteiger partial charge in [0, 0.05) is 12.5 Å². The molecule has 2 N–H and O–H groups in total. The van der Waals surface area contributed by atoms with Crippen LogP contribution in [0.4, 0.5) is 13.2 Å². The van der Waals surface area contributed by atoms with Crippen LogP contribution in [0.5, 0.6) is 0 Å². The monoisotopic (exact) mass is 288 g/mol. The van der Waals surface area contributed by atoms with Crippen LogP contribution in [0.3, 0.4) is 0 Å². The van der Waals surface area contributed by atoms with Gasteiger partial charge < -0.3 is 10.6 Å². The van der Waals surface area contributed by atoms with Crippen LogP contribution in [-0.2, 0) is 11.0 Å². The van der Waals surface area contributed by atoms with Gasteiger partial charge >= 0.3 is 6.18 Å². The molecule has 20 heavy (non-hydrogen) atoms. The van der Waals surface area contributed by atoms with Gasteiger partial charge in [0.2, 0.25) is 5.91 Å². The highest BCUT2D eigenvalue weighted by Crippen LogP contribution is 2.30. The molecule has 0 aliphatic heterocycles. The molecule has 1 aromatic carbocycles. The van der Waals surface area contributed by atoms with E-state index in [2.05, 4.69) is 10.6 Å². The lowest BCUT2D eigenvalue weighted by Gasteiger charge is -2.19. The topological polar surface area (TPSA) is 41.1 Å². The number of alkyl halides is 3. The fourth-order valence-corrected chi connectivity index (χ4v) is 1.82. The van der Waals surface area contributed by atoms with Crippen LogP contribution >= 0.6 is 0 Å². The van der Waals surface area contributed by atoms with Gasteiger partial charge in [-0.3, -0.25) is 4.79 Å². The van der Waals surface area contributed by atoms with Gasteiger partial charge in [-0.25, -0.2) is 0 Å². The molecular weight excluding hydrogens is 269 g/mol. The predicted molar refractivity (Wildman–Crippen MR) is 71.1 cm³/mol. The van der Waals surface area contributed by atoms with Crippen molar-refractivity contribution in [1.82, 2.24) is 10.6 Å². The lowest BCUT2D eigenvalue weighted by atomic mass is 10.0. The first-order valence-corrected chi connectivity index (χ1v) is 6.37. The molecule has 112 valence electrons. The Bertz CT molecular complexity index is 460. The molecule has 1 aromatic rings. The first kappa shape index (κ1) is 16.5. The molecule has 1 amide bonds. The number of nitrogens with one attached hydrogen (secondary N) is 2. The molecule has 1 rings (SSSR count). The Morgan fingerprint density at radius 1 is 1.30 bits per heavy atom. The Morgan fingerprint density at radius 2 is 1.95 bits per heavy atom. The lowest BCUT2D eigenvalue weighted by molar-refractivity contribution is -0.137. The number of benzene rings is 1. The number of carbonyl (C=O) groups is 1. The molecule has 0 saturated carbocycles. The molecule has 2 atom stereocenters. The van der Waals surface area contributed by atoms with E-state index in [4.69, 9.17) is 0 Å².